The lowest BCUT2D eigenvalue weighted by molar-refractivity contribution is 0.0950. The van der Waals surface area contributed by atoms with Crippen LogP contribution in [0.3, 0.4) is 0 Å². The Morgan fingerprint density at radius 1 is 1.21 bits per heavy atom. The minimum absolute atomic E-state index is 0.268. The highest BCUT2D eigenvalue weighted by atomic mass is 32.1. The van der Waals surface area contributed by atoms with E-state index < -0.39 is 11.6 Å². The number of benzene rings is 2. The van der Waals surface area contributed by atoms with Gasteiger partial charge in [0, 0.05) is 19.2 Å². The molecular weight excluding hydrogens is 394 g/mol. The summed E-state index contributed by atoms with van der Waals surface area (Å²) in [6, 6.07) is 10.2. The lowest BCUT2D eigenvalue weighted by atomic mass is 10.0. The van der Waals surface area contributed by atoms with Crippen LogP contribution in [0.2, 0.25) is 0 Å². The monoisotopic (exact) mass is 414 g/mol. The third-order valence-corrected chi connectivity index (χ3v) is 5.77. The number of hydrogen-bond acceptors (Lipinski definition) is 5. The van der Waals surface area contributed by atoms with Crippen LogP contribution in [0.5, 0.6) is 0 Å². The number of halogens is 2. The second-order valence-corrected chi connectivity index (χ2v) is 8.15. The first-order valence-corrected chi connectivity index (χ1v) is 10.2. The second kappa shape index (κ2) is 8.24. The molecule has 1 N–H and O–H groups in total. The Morgan fingerprint density at radius 3 is 2.79 bits per heavy atom. The van der Waals surface area contributed by atoms with Gasteiger partial charge >= 0.3 is 0 Å². The van der Waals surface area contributed by atoms with Crippen LogP contribution in [-0.2, 0) is 19.5 Å². The SMILES string of the molecule is Cc1ccc(CNC(=O)c2nnc(CN3CCCc4cc(F)cc(F)c43)s2)cc1. The average Bonchev–Trinajstić information content (AvgIpc) is 3.15. The van der Waals surface area contributed by atoms with Crippen molar-refractivity contribution in [3.63, 3.8) is 0 Å². The van der Waals surface area contributed by atoms with Gasteiger partial charge in [-0.25, -0.2) is 8.78 Å². The van der Waals surface area contributed by atoms with E-state index in [4.69, 9.17) is 0 Å². The number of anilines is 1. The molecule has 0 spiro atoms. The Morgan fingerprint density at radius 2 is 2.00 bits per heavy atom. The first-order chi connectivity index (χ1) is 14.0. The Balaban J connectivity index is 1.42. The molecule has 0 fully saturated rings. The summed E-state index contributed by atoms with van der Waals surface area (Å²) in [5.41, 5.74) is 3.24. The van der Waals surface area contributed by atoms with E-state index in [1.807, 2.05) is 36.1 Å². The molecule has 2 aromatic carbocycles. The Hall–Kier alpha value is -2.87. The molecule has 0 atom stereocenters. The fourth-order valence-corrected chi connectivity index (χ4v) is 4.20. The van der Waals surface area contributed by atoms with Crippen LogP contribution >= 0.6 is 11.3 Å². The molecule has 150 valence electrons. The summed E-state index contributed by atoms with van der Waals surface area (Å²) in [6.07, 6.45) is 1.45. The largest absolute Gasteiger partial charge is 0.362 e. The van der Waals surface area contributed by atoms with Gasteiger partial charge < -0.3 is 10.2 Å². The minimum atomic E-state index is -0.569. The van der Waals surface area contributed by atoms with E-state index in [1.54, 1.807) is 0 Å². The van der Waals surface area contributed by atoms with Crippen molar-refractivity contribution in [3.8, 4) is 0 Å². The highest BCUT2D eigenvalue weighted by molar-refractivity contribution is 7.13. The van der Waals surface area contributed by atoms with E-state index in [0.29, 0.717) is 42.3 Å². The number of fused-ring (bicyclic) bond motifs is 1. The zero-order valence-corrected chi connectivity index (χ0v) is 16.7. The maximum absolute atomic E-state index is 14.3. The molecule has 2 heterocycles. The predicted octanol–water partition coefficient (Wildman–Crippen LogP) is 4.01. The number of nitrogens with zero attached hydrogens (tertiary/aromatic N) is 3. The smallest absolute Gasteiger partial charge is 0.282 e. The van der Waals surface area contributed by atoms with E-state index >= 15 is 0 Å². The summed E-state index contributed by atoms with van der Waals surface area (Å²) in [7, 11) is 0. The van der Waals surface area contributed by atoms with Crippen LogP contribution in [0.4, 0.5) is 14.5 Å². The maximum atomic E-state index is 14.3. The standard InChI is InChI=1S/C21H20F2N4OS/c1-13-4-6-14(7-5-13)11-24-20(28)21-26-25-18(29-21)12-27-8-2-3-15-9-16(22)10-17(23)19(15)27/h4-7,9-10H,2-3,8,11-12H2,1H3,(H,24,28). The molecule has 0 unspecified atom stereocenters. The van der Waals surface area contributed by atoms with Crippen LogP contribution in [0.1, 0.15) is 37.9 Å². The summed E-state index contributed by atoms with van der Waals surface area (Å²) in [6.45, 7) is 3.39. The van der Waals surface area contributed by atoms with Gasteiger partial charge in [0.1, 0.15) is 16.6 Å². The van der Waals surface area contributed by atoms with Gasteiger partial charge in [0.05, 0.1) is 12.2 Å². The molecule has 1 aromatic heterocycles. The van der Waals surface area contributed by atoms with Gasteiger partial charge in [0.25, 0.3) is 5.91 Å². The third-order valence-electron chi connectivity index (χ3n) is 4.86. The Kier molecular flexibility index (Phi) is 5.53. The molecule has 8 heteroatoms. The summed E-state index contributed by atoms with van der Waals surface area (Å²) < 4.78 is 27.8. The zero-order chi connectivity index (χ0) is 20.4. The molecule has 3 aromatic rings. The van der Waals surface area contributed by atoms with Gasteiger partial charge in [-0.2, -0.15) is 0 Å². The molecule has 5 nitrogen and oxygen atoms in total. The van der Waals surface area contributed by atoms with Crippen molar-refractivity contribution in [2.75, 3.05) is 11.4 Å². The van der Waals surface area contributed by atoms with E-state index in [0.717, 1.165) is 23.6 Å². The molecular formula is C21H20F2N4OS. The van der Waals surface area contributed by atoms with Crippen molar-refractivity contribution >= 4 is 22.9 Å². The van der Waals surface area contributed by atoms with E-state index in [9.17, 15) is 13.6 Å². The van der Waals surface area contributed by atoms with Crippen molar-refractivity contribution in [1.82, 2.24) is 15.5 Å². The molecule has 4 rings (SSSR count). The summed E-state index contributed by atoms with van der Waals surface area (Å²) in [4.78, 5) is 14.2. The van der Waals surface area contributed by atoms with Crippen LogP contribution in [-0.4, -0.2) is 22.6 Å². The summed E-state index contributed by atoms with van der Waals surface area (Å²) in [5.74, 6) is -1.42. The quantitative estimate of drug-likeness (QED) is 0.686. The lowest BCUT2D eigenvalue weighted by Gasteiger charge is -2.30. The number of carbonyl (C=O) groups is 1. The minimum Gasteiger partial charge on any atom is -0.362 e. The van der Waals surface area contributed by atoms with Crippen molar-refractivity contribution in [1.29, 1.82) is 0 Å². The Labute approximate surface area is 171 Å². The van der Waals surface area contributed by atoms with Gasteiger partial charge in [-0.1, -0.05) is 41.2 Å². The zero-order valence-electron chi connectivity index (χ0n) is 15.9. The highest BCUT2D eigenvalue weighted by Gasteiger charge is 2.23. The molecule has 1 aliphatic heterocycles. The summed E-state index contributed by atoms with van der Waals surface area (Å²) in [5, 5.41) is 11.8. The normalized spacial score (nSPS) is 13.3. The number of carbonyl (C=O) groups excluding carboxylic acids is 1. The number of rotatable bonds is 5. The number of hydrogen-bond donors (Lipinski definition) is 1. The first kappa shape index (κ1) is 19.4. The summed E-state index contributed by atoms with van der Waals surface area (Å²) >= 11 is 1.18. The van der Waals surface area contributed by atoms with Crippen molar-refractivity contribution in [3.05, 3.63) is 74.7 Å². The predicted molar refractivity (Wildman–Crippen MR) is 108 cm³/mol. The van der Waals surface area contributed by atoms with Crippen molar-refractivity contribution in [2.45, 2.75) is 32.9 Å². The molecule has 29 heavy (non-hydrogen) atoms. The van der Waals surface area contributed by atoms with Gasteiger partial charge in [-0.15, -0.1) is 10.2 Å². The molecule has 1 aliphatic rings. The number of aryl methyl sites for hydroxylation is 2. The van der Waals surface area contributed by atoms with Crippen LogP contribution in [0, 0.1) is 18.6 Å². The molecule has 0 bridgehead atoms. The number of aromatic nitrogens is 2. The number of amides is 1. The van der Waals surface area contributed by atoms with Crippen molar-refractivity contribution in [2.24, 2.45) is 0 Å². The molecule has 0 aliphatic carbocycles. The average molecular weight is 414 g/mol. The fourth-order valence-electron chi connectivity index (χ4n) is 3.43. The van der Waals surface area contributed by atoms with Gasteiger partial charge in [-0.3, -0.25) is 4.79 Å². The topological polar surface area (TPSA) is 58.1 Å². The van der Waals surface area contributed by atoms with Crippen LogP contribution < -0.4 is 10.2 Å². The van der Waals surface area contributed by atoms with Gasteiger partial charge in [-0.05, 0) is 37.0 Å². The highest BCUT2D eigenvalue weighted by Crippen LogP contribution is 2.32. The fraction of sp³-hybridized carbons (Fsp3) is 0.286. The van der Waals surface area contributed by atoms with Crippen LogP contribution in [0.15, 0.2) is 36.4 Å². The molecule has 0 saturated heterocycles. The van der Waals surface area contributed by atoms with E-state index in [2.05, 4.69) is 15.5 Å². The second-order valence-electron chi connectivity index (χ2n) is 7.09. The maximum Gasteiger partial charge on any atom is 0.282 e. The van der Waals surface area contributed by atoms with Gasteiger partial charge in [0.2, 0.25) is 5.01 Å². The van der Waals surface area contributed by atoms with E-state index in [-0.39, 0.29) is 10.9 Å². The first-order valence-electron chi connectivity index (χ1n) is 9.38. The molecule has 0 saturated carbocycles. The Bertz CT molecular complexity index is 1040. The number of nitrogens with one attached hydrogen (secondary N) is 1. The lowest BCUT2D eigenvalue weighted by Crippen LogP contribution is -2.30. The van der Waals surface area contributed by atoms with Crippen molar-refractivity contribution < 1.29 is 13.6 Å². The van der Waals surface area contributed by atoms with Gasteiger partial charge in [0.15, 0.2) is 0 Å². The third kappa shape index (κ3) is 4.42. The molecule has 0 radical (unpaired) electrons. The van der Waals surface area contributed by atoms with Crippen LogP contribution in [0.25, 0.3) is 0 Å². The molecule has 1 amide bonds. The van der Waals surface area contributed by atoms with E-state index in [1.165, 1.54) is 17.4 Å².